The minimum atomic E-state index is -0.0248. The maximum absolute atomic E-state index is 12.0. The van der Waals surface area contributed by atoms with E-state index in [2.05, 4.69) is 33.6 Å². The Morgan fingerprint density at radius 1 is 1.26 bits per heavy atom. The van der Waals surface area contributed by atoms with Gasteiger partial charge in [-0.2, -0.15) is 5.10 Å². The summed E-state index contributed by atoms with van der Waals surface area (Å²) >= 11 is 0. The van der Waals surface area contributed by atoms with E-state index in [9.17, 15) is 4.79 Å². The predicted molar refractivity (Wildman–Crippen MR) is 90.5 cm³/mol. The third-order valence-corrected chi connectivity index (χ3v) is 4.86. The number of rotatable bonds is 6. The quantitative estimate of drug-likeness (QED) is 0.786. The average molecular weight is 319 g/mol. The average Bonchev–Trinajstić information content (AvgIpc) is 3.31. The molecule has 0 unspecified atom stereocenters. The van der Waals surface area contributed by atoms with Crippen LogP contribution < -0.4 is 10.6 Å². The Hall–Kier alpha value is -1.56. The molecule has 1 saturated carbocycles. The number of carbonyl (C=O) groups is 1. The molecule has 2 amide bonds. The third-order valence-electron chi connectivity index (χ3n) is 4.86. The predicted octanol–water partition coefficient (Wildman–Crippen LogP) is 1.82. The Bertz CT molecular complexity index is 529. The first-order chi connectivity index (χ1) is 11.1. The van der Waals surface area contributed by atoms with Crippen molar-refractivity contribution in [2.45, 2.75) is 64.6 Å². The maximum Gasteiger partial charge on any atom is 0.315 e. The highest BCUT2D eigenvalue weighted by Gasteiger charge is 2.31. The van der Waals surface area contributed by atoms with Crippen LogP contribution in [0.15, 0.2) is 6.07 Å². The van der Waals surface area contributed by atoms with Crippen LogP contribution in [0.5, 0.6) is 0 Å². The smallest absolute Gasteiger partial charge is 0.315 e. The Morgan fingerprint density at radius 2 is 2.00 bits per heavy atom. The van der Waals surface area contributed by atoms with Crippen LogP contribution in [0.1, 0.15) is 43.5 Å². The van der Waals surface area contributed by atoms with Crippen LogP contribution in [0.4, 0.5) is 4.79 Å². The van der Waals surface area contributed by atoms with E-state index in [1.54, 1.807) is 0 Å². The molecule has 1 aromatic heterocycles. The zero-order chi connectivity index (χ0) is 16.2. The lowest BCUT2D eigenvalue weighted by molar-refractivity contribution is 0.186. The van der Waals surface area contributed by atoms with Crippen molar-refractivity contribution >= 4 is 6.03 Å². The number of amides is 2. The molecule has 1 saturated heterocycles. The van der Waals surface area contributed by atoms with Crippen molar-refractivity contribution in [3.63, 3.8) is 0 Å². The van der Waals surface area contributed by atoms with Crippen molar-refractivity contribution < 1.29 is 4.79 Å². The van der Waals surface area contributed by atoms with E-state index in [0.29, 0.717) is 12.6 Å². The molecule has 2 N–H and O–H groups in total. The molecule has 6 nitrogen and oxygen atoms in total. The van der Waals surface area contributed by atoms with E-state index < -0.39 is 0 Å². The summed E-state index contributed by atoms with van der Waals surface area (Å²) in [6, 6.07) is 3.23. The number of piperidine rings is 1. The van der Waals surface area contributed by atoms with Gasteiger partial charge in [0, 0.05) is 44.0 Å². The molecule has 3 rings (SSSR count). The molecule has 1 aromatic rings. The first-order valence-electron chi connectivity index (χ1n) is 8.91. The molecule has 128 valence electrons. The summed E-state index contributed by atoms with van der Waals surface area (Å²) in [5, 5.41) is 10.5. The Labute approximate surface area is 138 Å². The molecule has 2 fully saturated rings. The summed E-state index contributed by atoms with van der Waals surface area (Å²) in [5.41, 5.74) is 2.22. The second-order valence-electron chi connectivity index (χ2n) is 6.95. The van der Waals surface area contributed by atoms with Gasteiger partial charge in [0.1, 0.15) is 0 Å². The summed E-state index contributed by atoms with van der Waals surface area (Å²) in [4.78, 5) is 14.5. The number of aryl methyl sites for hydroxylation is 3. The number of carbonyl (C=O) groups excluding carboxylic acids is 1. The molecule has 0 radical (unpaired) electrons. The Morgan fingerprint density at radius 3 is 2.61 bits per heavy atom. The van der Waals surface area contributed by atoms with E-state index >= 15 is 0 Å². The van der Waals surface area contributed by atoms with Gasteiger partial charge in [-0.3, -0.25) is 4.68 Å². The van der Waals surface area contributed by atoms with Crippen molar-refractivity contribution in [3.05, 3.63) is 17.5 Å². The molecule has 0 spiro atoms. The minimum absolute atomic E-state index is 0.0248. The molecule has 0 bridgehead atoms. The largest absolute Gasteiger partial charge is 0.338 e. The van der Waals surface area contributed by atoms with Gasteiger partial charge < -0.3 is 15.5 Å². The second kappa shape index (κ2) is 7.34. The van der Waals surface area contributed by atoms with Gasteiger partial charge in [-0.1, -0.05) is 0 Å². The fourth-order valence-corrected chi connectivity index (χ4v) is 3.42. The fraction of sp³-hybridized carbons (Fsp3) is 0.765. The number of aromatic nitrogens is 2. The van der Waals surface area contributed by atoms with E-state index in [0.717, 1.165) is 50.6 Å². The molecule has 2 heterocycles. The lowest BCUT2D eigenvalue weighted by Crippen LogP contribution is -2.48. The monoisotopic (exact) mass is 319 g/mol. The second-order valence-corrected chi connectivity index (χ2v) is 6.95. The van der Waals surface area contributed by atoms with Gasteiger partial charge in [-0.15, -0.1) is 0 Å². The molecule has 0 aromatic carbocycles. The lowest BCUT2D eigenvalue weighted by atomic mass is 10.1. The molecule has 1 aliphatic heterocycles. The van der Waals surface area contributed by atoms with E-state index in [-0.39, 0.29) is 6.03 Å². The standard InChI is InChI=1S/C17H29N5O/c1-13-12-14(2)22(20-13)9-3-8-18-17(23)19-15-6-10-21(11-7-15)16-4-5-16/h12,15-16H,3-11H2,1-2H3,(H2,18,19,23). The summed E-state index contributed by atoms with van der Waals surface area (Å²) in [6.07, 6.45) is 5.79. The molecule has 23 heavy (non-hydrogen) atoms. The number of likely N-dealkylation sites (tertiary alicyclic amines) is 1. The summed E-state index contributed by atoms with van der Waals surface area (Å²) < 4.78 is 2.00. The zero-order valence-corrected chi connectivity index (χ0v) is 14.3. The van der Waals surface area contributed by atoms with Crippen molar-refractivity contribution in [2.24, 2.45) is 0 Å². The normalized spacial score (nSPS) is 19.7. The first-order valence-corrected chi connectivity index (χ1v) is 8.91. The van der Waals surface area contributed by atoms with Crippen LogP contribution in [0.2, 0.25) is 0 Å². The summed E-state index contributed by atoms with van der Waals surface area (Å²) in [7, 11) is 0. The summed E-state index contributed by atoms with van der Waals surface area (Å²) in [6.45, 7) is 7.86. The highest BCUT2D eigenvalue weighted by Crippen LogP contribution is 2.29. The van der Waals surface area contributed by atoms with Gasteiger partial charge in [-0.05, 0) is 52.0 Å². The van der Waals surface area contributed by atoms with Gasteiger partial charge in [0.25, 0.3) is 0 Å². The minimum Gasteiger partial charge on any atom is -0.338 e. The number of urea groups is 1. The lowest BCUT2D eigenvalue weighted by Gasteiger charge is -2.32. The van der Waals surface area contributed by atoms with Gasteiger partial charge in [0.05, 0.1) is 5.69 Å². The number of nitrogens with one attached hydrogen (secondary N) is 2. The van der Waals surface area contributed by atoms with Gasteiger partial charge >= 0.3 is 6.03 Å². The molecule has 1 aliphatic carbocycles. The molecule has 0 atom stereocenters. The number of hydrogen-bond acceptors (Lipinski definition) is 3. The Kier molecular flexibility index (Phi) is 5.20. The van der Waals surface area contributed by atoms with Crippen molar-refractivity contribution in [2.75, 3.05) is 19.6 Å². The molecular formula is C17H29N5O. The van der Waals surface area contributed by atoms with Gasteiger partial charge in [0.2, 0.25) is 0 Å². The van der Waals surface area contributed by atoms with Crippen LogP contribution in [0.3, 0.4) is 0 Å². The van der Waals surface area contributed by atoms with Crippen LogP contribution in [-0.4, -0.2) is 52.4 Å². The molecule has 2 aliphatic rings. The van der Waals surface area contributed by atoms with Gasteiger partial charge in [-0.25, -0.2) is 4.79 Å². The van der Waals surface area contributed by atoms with Crippen LogP contribution in [-0.2, 0) is 6.54 Å². The first kappa shape index (κ1) is 16.3. The number of hydrogen-bond donors (Lipinski definition) is 2. The summed E-state index contributed by atoms with van der Waals surface area (Å²) in [5.74, 6) is 0. The fourth-order valence-electron chi connectivity index (χ4n) is 3.42. The highest BCUT2D eigenvalue weighted by atomic mass is 16.2. The van der Waals surface area contributed by atoms with Crippen LogP contribution in [0, 0.1) is 13.8 Å². The van der Waals surface area contributed by atoms with Crippen molar-refractivity contribution in [3.8, 4) is 0 Å². The van der Waals surface area contributed by atoms with Gasteiger partial charge in [0.15, 0.2) is 0 Å². The Balaban J connectivity index is 1.28. The van der Waals surface area contributed by atoms with E-state index in [1.807, 2.05) is 11.6 Å². The molecular weight excluding hydrogens is 290 g/mol. The van der Waals surface area contributed by atoms with E-state index in [4.69, 9.17) is 0 Å². The molecule has 6 heteroatoms. The van der Waals surface area contributed by atoms with Crippen molar-refractivity contribution in [1.29, 1.82) is 0 Å². The third kappa shape index (κ3) is 4.70. The van der Waals surface area contributed by atoms with Crippen LogP contribution >= 0.6 is 0 Å². The zero-order valence-electron chi connectivity index (χ0n) is 14.3. The van der Waals surface area contributed by atoms with E-state index in [1.165, 1.54) is 18.5 Å². The van der Waals surface area contributed by atoms with Crippen LogP contribution in [0.25, 0.3) is 0 Å². The topological polar surface area (TPSA) is 62.2 Å². The van der Waals surface area contributed by atoms with Crippen molar-refractivity contribution in [1.82, 2.24) is 25.3 Å². The SMILES string of the molecule is Cc1cc(C)n(CCCNC(=O)NC2CCN(C3CC3)CC2)n1. The highest BCUT2D eigenvalue weighted by molar-refractivity contribution is 5.74. The number of nitrogens with zero attached hydrogens (tertiary/aromatic N) is 3. The maximum atomic E-state index is 12.0.